The smallest absolute Gasteiger partial charge is 0.370 e. The average molecular weight is 540 g/mol. The average Bonchev–Trinajstić information content (AvgIpc) is 3.30. The second-order valence-electron chi connectivity index (χ2n) is 9.86. The van der Waals surface area contributed by atoms with Crippen LogP contribution in [0.2, 0.25) is 0 Å². The van der Waals surface area contributed by atoms with Crippen LogP contribution in [0.25, 0.3) is 11.4 Å². The molecule has 1 aliphatic carbocycles. The number of alkyl halides is 3. The van der Waals surface area contributed by atoms with Crippen molar-refractivity contribution in [2.45, 2.75) is 51.7 Å². The van der Waals surface area contributed by atoms with Crippen LogP contribution in [0.15, 0.2) is 42.9 Å². The second kappa shape index (κ2) is 10.7. The minimum Gasteiger partial charge on any atom is -0.370 e. The number of rotatable bonds is 6. The fraction of sp³-hybridized carbons (Fsp3) is 0.393. The summed E-state index contributed by atoms with van der Waals surface area (Å²) >= 11 is 0. The molecular weight excluding hydrogens is 511 g/mol. The summed E-state index contributed by atoms with van der Waals surface area (Å²) in [6.07, 6.45) is 4.12. The predicted molar refractivity (Wildman–Crippen MR) is 136 cm³/mol. The Balaban J connectivity index is 1.26. The van der Waals surface area contributed by atoms with Crippen LogP contribution in [0.3, 0.4) is 0 Å². The highest BCUT2D eigenvalue weighted by Crippen LogP contribution is 2.31. The van der Waals surface area contributed by atoms with Gasteiger partial charge in [-0.05, 0) is 61.9 Å². The molecule has 8 nitrogen and oxygen atoms in total. The van der Waals surface area contributed by atoms with E-state index in [4.69, 9.17) is 4.74 Å². The van der Waals surface area contributed by atoms with Gasteiger partial charge in [0.25, 0.3) is 0 Å². The number of ketones is 1. The number of carbonyl (C=O) groups excluding carboxylic acids is 2. The summed E-state index contributed by atoms with van der Waals surface area (Å²) in [5.41, 5.74) is 3.78. The number of morpholine rings is 1. The summed E-state index contributed by atoms with van der Waals surface area (Å²) in [6, 6.07) is 4.30. The Morgan fingerprint density at radius 3 is 2.62 bits per heavy atom. The first-order valence-electron chi connectivity index (χ1n) is 12.8. The summed E-state index contributed by atoms with van der Waals surface area (Å²) in [5.74, 6) is 0.0692. The predicted octanol–water partition coefficient (Wildman–Crippen LogP) is 4.52. The van der Waals surface area contributed by atoms with Crippen molar-refractivity contribution in [3.63, 3.8) is 0 Å². The Bertz CT molecular complexity index is 1430. The number of ether oxygens (including phenoxy) is 1. The number of Topliss-reactive ketones (excluding diaryl/α,β-unsaturated/α-hetero) is 1. The van der Waals surface area contributed by atoms with Crippen molar-refractivity contribution in [1.29, 1.82) is 0 Å². The number of pyridine rings is 2. The Hall–Kier alpha value is -3.86. The van der Waals surface area contributed by atoms with Crippen molar-refractivity contribution < 1.29 is 27.5 Å². The number of aryl methyl sites for hydroxylation is 1. The molecular formula is C28H28F3N5O3. The maximum Gasteiger partial charge on any atom is 0.417 e. The fourth-order valence-corrected chi connectivity index (χ4v) is 5.17. The first kappa shape index (κ1) is 26.7. The Kier molecular flexibility index (Phi) is 7.35. The van der Waals surface area contributed by atoms with Gasteiger partial charge in [0.15, 0.2) is 11.6 Å². The van der Waals surface area contributed by atoms with Gasteiger partial charge in [0.05, 0.1) is 35.3 Å². The number of allylic oxidation sites excluding steroid dienone is 1. The van der Waals surface area contributed by atoms with Gasteiger partial charge >= 0.3 is 6.18 Å². The van der Waals surface area contributed by atoms with E-state index in [2.05, 4.69) is 21.1 Å². The minimum atomic E-state index is -4.48. The number of nitrogens with zero attached hydrogens (tertiary/aromatic N) is 5. The van der Waals surface area contributed by atoms with Gasteiger partial charge in [-0.3, -0.25) is 14.6 Å². The summed E-state index contributed by atoms with van der Waals surface area (Å²) in [5, 5.41) is 4.18. The number of carbonyl (C=O) groups is 2. The molecule has 1 fully saturated rings. The van der Waals surface area contributed by atoms with Crippen LogP contribution >= 0.6 is 0 Å². The van der Waals surface area contributed by atoms with Crippen LogP contribution in [0.5, 0.6) is 0 Å². The lowest BCUT2D eigenvalue weighted by atomic mass is 9.90. The molecule has 1 atom stereocenters. The Morgan fingerprint density at radius 1 is 1.15 bits per heavy atom. The first-order chi connectivity index (χ1) is 18.6. The van der Waals surface area contributed by atoms with Crippen LogP contribution in [0.1, 0.15) is 57.7 Å². The third-order valence-corrected chi connectivity index (χ3v) is 7.25. The molecule has 1 saturated heterocycles. The molecule has 1 amide bonds. The molecule has 2 aliphatic rings. The monoisotopic (exact) mass is 539 g/mol. The number of amides is 1. The first-order valence-corrected chi connectivity index (χ1v) is 12.8. The summed E-state index contributed by atoms with van der Waals surface area (Å²) < 4.78 is 45.1. The van der Waals surface area contributed by atoms with Gasteiger partial charge in [0, 0.05) is 31.4 Å². The molecule has 0 radical (unpaired) electrons. The SMILES string of the molecule is Cc1cc(CC(=O)c2cnn(-c3ccc(C(F)(F)F)cn3)c2C)cnc1C1=CCC(N2CCOCC2=O)CC1. The van der Waals surface area contributed by atoms with Crippen LogP contribution in [0.4, 0.5) is 13.2 Å². The van der Waals surface area contributed by atoms with E-state index < -0.39 is 11.7 Å². The van der Waals surface area contributed by atoms with Crippen molar-refractivity contribution in [1.82, 2.24) is 24.6 Å². The molecule has 0 saturated carbocycles. The number of aromatic nitrogens is 4. The highest BCUT2D eigenvalue weighted by atomic mass is 19.4. The quantitative estimate of drug-likeness (QED) is 0.428. The van der Waals surface area contributed by atoms with Gasteiger partial charge in [-0.2, -0.15) is 18.3 Å². The number of hydrogen-bond acceptors (Lipinski definition) is 6. The van der Waals surface area contributed by atoms with Crippen LogP contribution in [-0.4, -0.2) is 62.1 Å². The van der Waals surface area contributed by atoms with Gasteiger partial charge < -0.3 is 9.64 Å². The molecule has 0 bridgehead atoms. The molecule has 204 valence electrons. The van der Waals surface area contributed by atoms with E-state index in [9.17, 15) is 22.8 Å². The van der Waals surface area contributed by atoms with Gasteiger partial charge in [-0.25, -0.2) is 9.67 Å². The van der Waals surface area contributed by atoms with E-state index in [1.807, 2.05) is 17.9 Å². The third kappa shape index (κ3) is 5.63. The molecule has 11 heteroatoms. The van der Waals surface area contributed by atoms with Gasteiger partial charge in [-0.1, -0.05) is 12.1 Å². The van der Waals surface area contributed by atoms with E-state index in [0.29, 0.717) is 24.4 Å². The number of hydrogen-bond donors (Lipinski definition) is 0. The molecule has 0 spiro atoms. The topological polar surface area (TPSA) is 90.2 Å². The Morgan fingerprint density at radius 2 is 1.97 bits per heavy atom. The van der Waals surface area contributed by atoms with Gasteiger partial charge in [-0.15, -0.1) is 0 Å². The lowest BCUT2D eigenvalue weighted by molar-refractivity contribution is -0.145. The molecule has 4 heterocycles. The Labute approximate surface area is 223 Å². The molecule has 0 aromatic carbocycles. The van der Waals surface area contributed by atoms with E-state index in [1.54, 1.807) is 13.1 Å². The zero-order valence-corrected chi connectivity index (χ0v) is 21.7. The van der Waals surface area contributed by atoms with E-state index in [0.717, 1.165) is 53.9 Å². The van der Waals surface area contributed by atoms with Crippen LogP contribution in [-0.2, 0) is 22.1 Å². The molecule has 1 aliphatic heterocycles. The van der Waals surface area contributed by atoms with Crippen molar-refractivity contribution in [3.8, 4) is 5.82 Å². The third-order valence-electron chi connectivity index (χ3n) is 7.25. The highest BCUT2D eigenvalue weighted by Gasteiger charge is 2.31. The van der Waals surface area contributed by atoms with Crippen LogP contribution < -0.4 is 0 Å². The lowest BCUT2D eigenvalue weighted by Crippen LogP contribution is -2.48. The second-order valence-corrected chi connectivity index (χ2v) is 9.86. The summed E-state index contributed by atoms with van der Waals surface area (Å²) in [6.45, 7) is 5.01. The number of halogens is 3. The fourth-order valence-electron chi connectivity index (χ4n) is 5.17. The maximum atomic E-state index is 13.1. The van der Waals surface area contributed by atoms with Gasteiger partial charge in [0.1, 0.15) is 6.61 Å². The van der Waals surface area contributed by atoms with Crippen molar-refractivity contribution in [2.75, 3.05) is 19.8 Å². The van der Waals surface area contributed by atoms with Crippen molar-refractivity contribution >= 4 is 17.3 Å². The zero-order valence-electron chi connectivity index (χ0n) is 21.7. The van der Waals surface area contributed by atoms with Crippen molar-refractivity contribution in [3.05, 3.63) is 76.5 Å². The summed E-state index contributed by atoms with van der Waals surface area (Å²) in [4.78, 5) is 35.7. The zero-order chi connectivity index (χ0) is 27.7. The lowest BCUT2D eigenvalue weighted by Gasteiger charge is -2.36. The molecule has 3 aromatic rings. The maximum absolute atomic E-state index is 13.1. The van der Waals surface area contributed by atoms with E-state index >= 15 is 0 Å². The molecule has 5 rings (SSSR count). The van der Waals surface area contributed by atoms with E-state index in [-0.39, 0.29) is 36.6 Å². The normalized spacial score (nSPS) is 18.3. The minimum absolute atomic E-state index is 0.0443. The molecule has 1 unspecified atom stereocenters. The highest BCUT2D eigenvalue weighted by molar-refractivity contribution is 5.98. The standard InChI is InChI=1S/C28H28F3N5O3/c1-17-11-19(13-33-27(17)20-3-6-22(7-4-20)35-9-10-39-16-26(35)38)12-24(37)23-15-34-36(18(23)2)25-8-5-21(14-32-25)28(29,30)31/h3,5,8,11,13-15,22H,4,6-7,9-10,12,16H2,1-2H3. The molecule has 39 heavy (non-hydrogen) atoms. The molecule has 0 N–H and O–H groups in total. The van der Waals surface area contributed by atoms with Crippen LogP contribution in [0, 0.1) is 13.8 Å². The van der Waals surface area contributed by atoms with E-state index in [1.165, 1.54) is 16.9 Å². The van der Waals surface area contributed by atoms with Gasteiger partial charge in [0.2, 0.25) is 5.91 Å². The van der Waals surface area contributed by atoms with Crippen molar-refractivity contribution in [2.24, 2.45) is 0 Å². The largest absolute Gasteiger partial charge is 0.417 e. The molecule has 3 aromatic heterocycles. The summed E-state index contributed by atoms with van der Waals surface area (Å²) in [7, 11) is 0.